The van der Waals surface area contributed by atoms with Crippen LogP contribution in [0.15, 0.2) is 41.7 Å². The Kier molecular flexibility index (Phi) is 14.5. The second-order valence-electron chi connectivity index (χ2n) is 16.4. The fourth-order valence-electron chi connectivity index (χ4n) is 8.00. The van der Waals surface area contributed by atoms with Gasteiger partial charge in [-0.3, -0.25) is 9.59 Å². The Hall–Kier alpha value is -3.07. The summed E-state index contributed by atoms with van der Waals surface area (Å²) in [6.45, 7) is 12.5. The number of benzene rings is 1. The van der Waals surface area contributed by atoms with Gasteiger partial charge in [-0.2, -0.15) is 0 Å². The highest BCUT2D eigenvalue weighted by atomic mass is 32.1. The predicted molar refractivity (Wildman–Crippen MR) is 209 cm³/mol. The van der Waals surface area contributed by atoms with Gasteiger partial charge in [0.1, 0.15) is 12.1 Å². The van der Waals surface area contributed by atoms with Crippen molar-refractivity contribution in [3.05, 3.63) is 52.9 Å². The minimum absolute atomic E-state index is 0.122. The highest BCUT2D eigenvalue weighted by molar-refractivity contribution is 7.13. The van der Waals surface area contributed by atoms with Crippen molar-refractivity contribution >= 4 is 31.0 Å². The number of hydrogen-bond acceptors (Lipinski definition) is 9. The van der Waals surface area contributed by atoms with E-state index in [-0.39, 0.29) is 24.8 Å². The SMILES string of the molecule is Cc1ncsc1-c1ccc(CNC(=O)C2CCCN2C(=O)C(N(N)/C=C(\N)CC2CC3(CCN(C)CC3)C2)C(C)(C)C)cc1.OCC1CC1(F)F.[B]C. The number of aliphatic hydroxyl groups excluding tert-OH is 1. The van der Waals surface area contributed by atoms with Crippen LogP contribution < -0.4 is 16.9 Å². The monoisotopic (exact) mass is 755 g/mol. The summed E-state index contributed by atoms with van der Waals surface area (Å²) >= 11 is 1.62. The average molecular weight is 756 g/mol. The minimum Gasteiger partial charge on any atom is -0.401 e. The number of hydrogen-bond donors (Lipinski definition) is 4. The largest absolute Gasteiger partial charge is 0.401 e. The third kappa shape index (κ3) is 11.0. The zero-order chi connectivity index (χ0) is 39.1. The molecule has 1 spiro atoms. The van der Waals surface area contributed by atoms with Crippen LogP contribution in [0.3, 0.4) is 0 Å². The Balaban J connectivity index is 0.000000617. The first kappa shape index (κ1) is 42.7. The molecule has 2 aliphatic heterocycles. The van der Waals surface area contributed by atoms with Gasteiger partial charge in [0.05, 0.1) is 36.5 Å². The Bertz CT molecular complexity index is 1530. The lowest BCUT2D eigenvalue weighted by molar-refractivity contribution is -0.145. The maximum atomic E-state index is 14.0. The number of aliphatic hydroxyl groups is 1. The second-order valence-corrected chi connectivity index (χ2v) is 17.3. The summed E-state index contributed by atoms with van der Waals surface area (Å²) in [6.07, 6.45) is 8.86. The van der Waals surface area contributed by atoms with E-state index in [1.54, 1.807) is 22.4 Å². The maximum Gasteiger partial charge on any atom is 0.253 e. The number of piperidine rings is 1. The number of nitrogens with one attached hydrogen (secondary N) is 1. The van der Waals surface area contributed by atoms with Crippen LogP contribution in [-0.2, 0) is 16.1 Å². The van der Waals surface area contributed by atoms with Crippen molar-refractivity contribution < 1.29 is 23.5 Å². The molecule has 2 saturated carbocycles. The number of amides is 2. The van der Waals surface area contributed by atoms with E-state index in [0.29, 0.717) is 30.8 Å². The summed E-state index contributed by atoms with van der Waals surface area (Å²) in [6, 6.07) is 7.04. The number of aromatic nitrogens is 1. The van der Waals surface area contributed by atoms with Crippen LogP contribution in [0.5, 0.6) is 0 Å². The first-order chi connectivity index (χ1) is 25.0. The van der Waals surface area contributed by atoms with Gasteiger partial charge >= 0.3 is 0 Å². The summed E-state index contributed by atoms with van der Waals surface area (Å²) in [5, 5.41) is 12.6. The molecule has 1 aromatic heterocycles. The van der Waals surface area contributed by atoms with Crippen molar-refractivity contribution in [2.75, 3.05) is 33.3 Å². The first-order valence-electron chi connectivity index (χ1n) is 18.8. The van der Waals surface area contributed by atoms with Crippen molar-refractivity contribution in [1.82, 2.24) is 25.1 Å². The number of aryl methyl sites for hydroxylation is 1. The molecule has 10 nitrogen and oxygen atoms in total. The third-order valence-corrected chi connectivity index (χ3v) is 12.1. The van der Waals surface area contributed by atoms with Gasteiger partial charge in [-0.05, 0) is 99.9 Å². The summed E-state index contributed by atoms with van der Waals surface area (Å²) in [7, 11) is 6.70. The van der Waals surface area contributed by atoms with E-state index in [0.717, 1.165) is 40.2 Å². The average Bonchev–Trinajstić information content (AvgIpc) is 3.42. The number of hydrazine groups is 1. The van der Waals surface area contributed by atoms with E-state index in [9.17, 15) is 18.4 Å². The number of nitrogens with zero attached hydrogens (tertiary/aromatic N) is 4. The first-order valence-corrected chi connectivity index (χ1v) is 19.7. The molecule has 2 radical (unpaired) electrons. The second kappa shape index (κ2) is 18.0. The van der Waals surface area contributed by atoms with Gasteiger partial charge in [0.25, 0.3) is 5.92 Å². The molecule has 292 valence electrons. The molecule has 14 heteroatoms. The molecule has 2 aromatic rings. The lowest BCUT2D eigenvalue weighted by Gasteiger charge is -2.52. The molecule has 3 atom stereocenters. The number of thiazole rings is 1. The van der Waals surface area contributed by atoms with Crippen LogP contribution in [0.1, 0.15) is 83.4 Å². The minimum atomic E-state index is -2.53. The highest BCUT2D eigenvalue weighted by Crippen LogP contribution is 2.54. The molecule has 53 heavy (non-hydrogen) atoms. The fraction of sp³-hybridized carbons (Fsp3) is 0.667. The Labute approximate surface area is 320 Å². The number of carbonyl (C=O) groups is 2. The quantitative estimate of drug-likeness (QED) is 0.142. The van der Waals surface area contributed by atoms with Crippen molar-refractivity contribution in [2.45, 2.75) is 110 Å². The zero-order valence-corrected chi connectivity index (χ0v) is 33.2. The number of allylic oxidation sites excluding steroid dienone is 1. The Morgan fingerprint density at radius 1 is 1.15 bits per heavy atom. The molecule has 0 bridgehead atoms. The van der Waals surface area contributed by atoms with Crippen LogP contribution in [-0.4, -0.2) is 95.9 Å². The molecular formula is C39H60BF2N7O3S. The van der Waals surface area contributed by atoms with Gasteiger partial charge in [0.2, 0.25) is 11.8 Å². The van der Waals surface area contributed by atoms with Gasteiger partial charge < -0.3 is 31.0 Å². The summed E-state index contributed by atoms with van der Waals surface area (Å²) in [5.74, 6) is 3.65. The normalized spacial score (nSPS) is 22.8. The number of likely N-dealkylation sites (tertiary alicyclic amines) is 2. The zero-order valence-electron chi connectivity index (χ0n) is 32.4. The van der Waals surface area contributed by atoms with Crippen LogP contribution in [0.4, 0.5) is 8.78 Å². The molecule has 6 N–H and O–H groups in total. The van der Waals surface area contributed by atoms with Crippen molar-refractivity contribution in [3.8, 4) is 10.4 Å². The van der Waals surface area contributed by atoms with Crippen LogP contribution in [0, 0.1) is 29.6 Å². The predicted octanol–water partition coefficient (Wildman–Crippen LogP) is 5.47. The Morgan fingerprint density at radius 3 is 2.28 bits per heavy atom. The molecule has 3 heterocycles. The summed E-state index contributed by atoms with van der Waals surface area (Å²) in [4.78, 5) is 37.0. The molecule has 3 unspecified atom stereocenters. The lowest BCUT2D eigenvalue weighted by atomic mass is 9.56. The highest BCUT2D eigenvalue weighted by Gasteiger charge is 2.56. The van der Waals surface area contributed by atoms with E-state index in [1.807, 2.05) is 45.3 Å². The van der Waals surface area contributed by atoms with Gasteiger partial charge in [-0.1, -0.05) is 51.9 Å². The number of nitrogens with two attached hydrogens (primary N) is 2. The van der Waals surface area contributed by atoms with Gasteiger partial charge in [-0.15, -0.1) is 11.3 Å². The van der Waals surface area contributed by atoms with E-state index >= 15 is 0 Å². The summed E-state index contributed by atoms with van der Waals surface area (Å²) < 4.78 is 23.3. The van der Waals surface area contributed by atoms with Crippen LogP contribution in [0.25, 0.3) is 10.4 Å². The van der Waals surface area contributed by atoms with Crippen LogP contribution in [0.2, 0.25) is 6.82 Å². The van der Waals surface area contributed by atoms with E-state index < -0.39 is 29.3 Å². The number of alkyl halides is 2. The van der Waals surface area contributed by atoms with Gasteiger partial charge in [0, 0.05) is 31.4 Å². The molecule has 1 aromatic carbocycles. The molecule has 2 amide bonds. The van der Waals surface area contributed by atoms with E-state index in [4.69, 9.17) is 16.7 Å². The van der Waals surface area contributed by atoms with Crippen LogP contribution >= 0.6 is 11.3 Å². The number of halogens is 2. The molecule has 4 fully saturated rings. The number of rotatable bonds is 10. The third-order valence-electron chi connectivity index (χ3n) is 11.1. The van der Waals surface area contributed by atoms with E-state index in [1.165, 1.54) is 50.6 Å². The fourth-order valence-corrected chi connectivity index (χ4v) is 8.81. The molecule has 2 saturated heterocycles. The number of carbonyl (C=O) groups excluding carboxylic acids is 2. The maximum absolute atomic E-state index is 14.0. The topological polar surface area (TPSA) is 141 Å². The molecule has 6 rings (SSSR count). The van der Waals surface area contributed by atoms with E-state index in [2.05, 4.69) is 42.2 Å². The van der Waals surface area contributed by atoms with Crippen molar-refractivity contribution in [3.63, 3.8) is 0 Å². The van der Waals surface area contributed by atoms with Crippen molar-refractivity contribution in [2.24, 2.45) is 34.2 Å². The standard InChI is InChI=1S/C34H51N7O2S.C4H6F2O.CH3B/c1-23-29(44-22-38-23)26-10-8-24(9-11-26)20-37-31(42)28-7-6-14-40(28)32(43)30(33(2,3)4)41(36)21-27(35)17-25-18-34(19-25)12-15-39(5)16-13-34;5-4(6)1-3(4)2-7;1-2/h8-11,21-22,25,28,30H,6-7,12-20,35-36H2,1-5H3,(H,37,42);3,7H,1-2H2;1H3/b27-21-;;. The summed E-state index contributed by atoms with van der Waals surface area (Å²) in [5.41, 5.74) is 12.3. The van der Waals surface area contributed by atoms with Gasteiger partial charge in [0.15, 0.2) is 0 Å². The van der Waals surface area contributed by atoms with Crippen molar-refractivity contribution in [1.29, 1.82) is 0 Å². The molecular weight excluding hydrogens is 695 g/mol. The molecule has 2 aliphatic carbocycles. The molecule has 4 aliphatic rings. The smallest absolute Gasteiger partial charge is 0.253 e. The van der Waals surface area contributed by atoms with Gasteiger partial charge in [-0.25, -0.2) is 19.6 Å². The lowest BCUT2D eigenvalue weighted by Crippen LogP contribution is -2.58. The Morgan fingerprint density at radius 2 is 1.77 bits per heavy atom.